The molecule has 2 aromatic rings. The molecule has 1 aliphatic heterocycles. The number of nitrogens with zero attached hydrogens (tertiary/aromatic N) is 2. The van der Waals surface area contributed by atoms with Crippen molar-refractivity contribution in [3.8, 4) is 0 Å². The van der Waals surface area contributed by atoms with Crippen LogP contribution in [0, 0.1) is 5.92 Å². The van der Waals surface area contributed by atoms with Crippen molar-refractivity contribution < 1.29 is 4.79 Å². The summed E-state index contributed by atoms with van der Waals surface area (Å²) in [6.45, 7) is 3.66. The number of rotatable bonds is 3. The number of carbonyl (C=O) groups is 1. The minimum atomic E-state index is -0.0330. The molecule has 5 heteroatoms. The second kappa shape index (κ2) is 5.50. The second-order valence-electron chi connectivity index (χ2n) is 5.47. The first-order chi connectivity index (χ1) is 9.65. The van der Waals surface area contributed by atoms with Gasteiger partial charge in [0.15, 0.2) is 0 Å². The normalized spacial score (nSPS) is 22.3. The van der Waals surface area contributed by atoms with Gasteiger partial charge in [-0.3, -0.25) is 4.79 Å². The molecule has 4 nitrogen and oxygen atoms in total. The molecule has 0 radical (unpaired) electrons. The summed E-state index contributed by atoms with van der Waals surface area (Å²) in [4.78, 5) is 18.8. The number of hydrogen-bond acceptors (Lipinski definition) is 4. The van der Waals surface area contributed by atoms with Gasteiger partial charge in [-0.25, -0.2) is 4.98 Å². The van der Waals surface area contributed by atoms with Crippen molar-refractivity contribution in [3.05, 3.63) is 29.3 Å². The fourth-order valence-electron chi connectivity index (χ4n) is 2.67. The van der Waals surface area contributed by atoms with Crippen LogP contribution in [0.2, 0.25) is 0 Å². The Labute approximate surface area is 122 Å². The molecule has 1 saturated heterocycles. The topological polar surface area (TPSA) is 45.2 Å². The summed E-state index contributed by atoms with van der Waals surface area (Å²) < 4.78 is 1.18. The third-order valence-electron chi connectivity index (χ3n) is 3.89. The maximum atomic E-state index is 12.4. The van der Waals surface area contributed by atoms with Gasteiger partial charge in [0.05, 0.1) is 22.8 Å². The molecule has 0 bridgehead atoms. The van der Waals surface area contributed by atoms with Crippen LogP contribution in [0.1, 0.15) is 18.4 Å². The van der Waals surface area contributed by atoms with Crippen molar-refractivity contribution >= 4 is 27.5 Å². The largest absolute Gasteiger partial charge is 0.338 e. The minimum Gasteiger partial charge on any atom is -0.338 e. The Hall–Kier alpha value is -1.46. The molecule has 2 heterocycles. The van der Waals surface area contributed by atoms with E-state index in [1.165, 1.54) is 4.70 Å². The van der Waals surface area contributed by atoms with Gasteiger partial charge in [0.25, 0.3) is 0 Å². The van der Waals surface area contributed by atoms with Crippen LogP contribution in [0.3, 0.4) is 0 Å². The molecule has 1 N–H and O–H groups in total. The quantitative estimate of drug-likeness (QED) is 0.942. The van der Waals surface area contributed by atoms with E-state index in [-0.39, 0.29) is 11.9 Å². The molecule has 0 aliphatic carbocycles. The number of thiazole rings is 1. The Morgan fingerprint density at radius 3 is 3.00 bits per heavy atom. The zero-order valence-electron chi connectivity index (χ0n) is 11.8. The summed E-state index contributed by atoms with van der Waals surface area (Å²) in [5.41, 5.74) is 1.01. The first-order valence-corrected chi connectivity index (χ1v) is 7.79. The summed E-state index contributed by atoms with van der Waals surface area (Å²) in [5.74, 6) is 0.592. The highest BCUT2D eigenvalue weighted by Gasteiger charge is 2.31. The van der Waals surface area contributed by atoms with Crippen molar-refractivity contribution in [2.24, 2.45) is 5.92 Å². The third kappa shape index (κ3) is 2.55. The number of fused-ring (bicyclic) bond motifs is 1. The van der Waals surface area contributed by atoms with Gasteiger partial charge in [0, 0.05) is 7.05 Å². The lowest BCUT2D eigenvalue weighted by Gasteiger charge is -2.22. The highest BCUT2D eigenvalue weighted by molar-refractivity contribution is 7.18. The predicted molar refractivity (Wildman–Crippen MR) is 81.7 cm³/mol. The second-order valence-corrected chi connectivity index (χ2v) is 6.58. The molecular formula is C15H19N3OS. The molecule has 0 spiro atoms. The van der Waals surface area contributed by atoms with E-state index in [0.717, 1.165) is 23.5 Å². The van der Waals surface area contributed by atoms with Gasteiger partial charge in [-0.05, 0) is 31.0 Å². The summed E-state index contributed by atoms with van der Waals surface area (Å²) in [7, 11) is 1.86. The molecule has 106 valence electrons. The molecule has 3 rings (SSSR count). The lowest BCUT2D eigenvalue weighted by molar-refractivity contribution is -0.133. The molecular weight excluding hydrogens is 270 g/mol. The Morgan fingerprint density at radius 1 is 1.50 bits per heavy atom. The van der Waals surface area contributed by atoms with Crippen LogP contribution in [0.4, 0.5) is 0 Å². The molecule has 0 saturated carbocycles. The Morgan fingerprint density at radius 2 is 2.30 bits per heavy atom. The van der Waals surface area contributed by atoms with Crippen LogP contribution in [-0.2, 0) is 11.3 Å². The van der Waals surface area contributed by atoms with Gasteiger partial charge in [-0.1, -0.05) is 19.1 Å². The highest BCUT2D eigenvalue weighted by Crippen LogP contribution is 2.23. The third-order valence-corrected chi connectivity index (χ3v) is 4.91. The van der Waals surface area contributed by atoms with E-state index < -0.39 is 0 Å². The number of benzene rings is 1. The van der Waals surface area contributed by atoms with Crippen LogP contribution >= 0.6 is 11.3 Å². The summed E-state index contributed by atoms with van der Waals surface area (Å²) in [5, 5.41) is 4.28. The van der Waals surface area contributed by atoms with E-state index in [2.05, 4.69) is 23.3 Å². The standard InChI is InChI=1S/C15H19N3OS/c1-10-7-8-16-14(10)15(19)18(2)9-13-17-11-5-3-4-6-12(11)20-13/h3-6,10,14,16H,7-9H2,1-2H3. The zero-order valence-corrected chi connectivity index (χ0v) is 12.6. The molecule has 20 heavy (non-hydrogen) atoms. The van der Waals surface area contributed by atoms with Gasteiger partial charge in [0.1, 0.15) is 5.01 Å². The maximum absolute atomic E-state index is 12.4. The lowest BCUT2D eigenvalue weighted by atomic mass is 10.0. The number of nitrogens with one attached hydrogen (secondary N) is 1. The molecule has 2 atom stereocenters. The molecule has 2 unspecified atom stereocenters. The highest BCUT2D eigenvalue weighted by atomic mass is 32.1. The van der Waals surface area contributed by atoms with Gasteiger partial charge in [0.2, 0.25) is 5.91 Å². The van der Waals surface area contributed by atoms with Gasteiger partial charge >= 0.3 is 0 Å². The first-order valence-electron chi connectivity index (χ1n) is 6.98. The van der Waals surface area contributed by atoms with E-state index >= 15 is 0 Å². The molecule has 1 fully saturated rings. The summed E-state index contributed by atoms with van der Waals surface area (Å²) in [6, 6.07) is 8.06. The van der Waals surface area contributed by atoms with Gasteiger partial charge in [-0.15, -0.1) is 11.3 Å². The SMILES string of the molecule is CC1CCNC1C(=O)N(C)Cc1nc2ccccc2s1. The van der Waals surface area contributed by atoms with Crippen LogP contribution < -0.4 is 5.32 Å². The van der Waals surface area contributed by atoms with Crippen LogP contribution in [0.5, 0.6) is 0 Å². The minimum absolute atomic E-state index is 0.0330. The predicted octanol–water partition coefficient (Wildman–Crippen LogP) is 2.25. The summed E-state index contributed by atoms with van der Waals surface area (Å²) in [6.07, 6.45) is 1.07. The van der Waals surface area contributed by atoms with Crippen molar-refractivity contribution in [1.29, 1.82) is 0 Å². The Kier molecular flexibility index (Phi) is 3.72. The van der Waals surface area contributed by atoms with E-state index in [4.69, 9.17) is 0 Å². The zero-order chi connectivity index (χ0) is 14.1. The number of amides is 1. The fraction of sp³-hybridized carbons (Fsp3) is 0.467. The smallest absolute Gasteiger partial charge is 0.240 e. The van der Waals surface area contributed by atoms with Crippen LogP contribution in [-0.4, -0.2) is 35.4 Å². The Bertz CT molecular complexity index is 591. The fourth-order valence-corrected chi connectivity index (χ4v) is 3.69. The van der Waals surface area contributed by atoms with Crippen LogP contribution in [0.15, 0.2) is 24.3 Å². The van der Waals surface area contributed by atoms with Gasteiger partial charge in [-0.2, -0.15) is 0 Å². The van der Waals surface area contributed by atoms with E-state index in [1.54, 1.807) is 16.2 Å². The van der Waals surface area contributed by atoms with Crippen molar-refractivity contribution in [2.45, 2.75) is 25.9 Å². The maximum Gasteiger partial charge on any atom is 0.240 e. The Balaban J connectivity index is 1.71. The number of hydrogen-bond donors (Lipinski definition) is 1. The molecule has 1 aromatic heterocycles. The van der Waals surface area contributed by atoms with Gasteiger partial charge < -0.3 is 10.2 Å². The monoisotopic (exact) mass is 289 g/mol. The van der Waals surface area contributed by atoms with Crippen molar-refractivity contribution in [1.82, 2.24) is 15.2 Å². The number of aromatic nitrogens is 1. The average molecular weight is 289 g/mol. The average Bonchev–Trinajstić information content (AvgIpc) is 3.03. The molecule has 1 aliphatic rings. The number of para-hydroxylation sites is 1. The number of likely N-dealkylation sites (N-methyl/N-ethyl adjacent to an activating group) is 1. The molecule has 1 aromatic carbocycles. The van der Waals surface area contributed by atoms with E-state index in [9.17, 15) is 4.79 Å². The lowest BCUT2D eigenvalue weighted by Crippen LogP contribution is -2.43. The van der Waals surface area contributed by atoms with Crippen molar-refractivity contribution in [2.75, 3.05) is 13.6 Å². The first kappa shape index (κ1) is 13.5. The van der Waals surface area contributed by atoms with E-state index in [0.29, 0.717) is 12.5 Å². The van der Waals surface area contributed by atoms with E-state index in [1.807, 2.05) is 25.2 Å². The molecule has 1 amide bonds. The van der Waals surface area contributed by atoms with Crippen LogP contribution in [0.25, 0.3) is 10.2 Å². The van der Waals surface area contributed by atoms with Crippen molar-refractivity contribution in [3.63, 3.8) is 0 Å². The number of carbonyl (C=O) groups excluding carboxylic acids is 1. The summed E-state index contributed by atoms with van der Waals surface area (Å²) >= 11 is 1.66.